The van der Waals surface area contributed by atoms with Crippen molar-refractivity contribution in [1.29, 1.82) is 0 Å². The quantitative estimate of drug-likeness (QED) is 0.389. The smallest absolute Gasteiger partial charge is 0.408 e. The Bertz CT molecular complexity index is 1240. The first-order chi connectivity index (χ1) is 17.2. The molecule has 202 valence electrons. The number of nitrogens with one attached hydrogen (secondary N) is 1. The lowest BCUT2D eigenvalue weighted by atomic mass is 10.0. The second-order valence-corrected chi connectivity index (χ2v) is 8.35. The highest BCUT2D eigenvalue weighted by Gasteiger charge is 2.43. The monoisotopic (exact) mass is 532 g/mol. The van der Waals surface area contributed by atoms with Gasteiger partial charge in [-0.1, -0.05) is 0 Å². The van der Waals surface area contributed by atoms with Crippen LogP contribution in [0.1, 0.15) is 44.0 Å². The molecule has 0 aliphatic rings. The molecule has 0 spiro atoms. The molecule has 0 saturated carbocycles. The lowest BCUT2D eigenvalue weighted by molar-refractivity contribution is -0.171. The highest BCUT2D eigenvalue weighted by Crippen LogP contribution is 2.31. The molecule has 8 nitrogen and oxygen atoms in total. The molecule has 0 saturated heterocycles. The molecule has 3 aromatic rings. The number of halogens is 6. The second-order valence-electron chi connectivity index (χ2n) is 8.35. The van der Waals surface area contributed by atoms with E-state index in [1.165, 1.54) is 13.3 Å². The molecule has 14 heteroatoms. The third kappa shape index (κ3) is 6.60. The fourth-order valence-corrected chi connectivity index (χ4v) is 3.84. The van der Waals surface area contributed by atoms with Gasteiger partial charge in [0.15, 0.2) is 5.65 Å². The van der Waals surface area contributed by atoms with Crippen molar-refractivity contribution < 1.29 is 35.9 Å². The Morgan fingerprint density at radius 2 is 1.92 bits per heavy atom. The first kappa shape index (κ1) is 28.0. The zero-order valence-corrected chi connectivity index (χ0v) is 20.5. The topological polar surface area (TPSA) is 84.7 Å². The van der Waals surface area contributed by atoms with Gasteiger partial charge < -0.3 is 19.4 Å². The molecule has 0 unspecified atom stereocenters. The molecule has 1 N–H and O–H groups in total. The number of urea groups is 1. The number of nitrogens with zero attached hydrogens (tertiary/aromatic N) is 5. The molecular formula is C23H26F6N6O2. The summed E-state index contributed by atoms with van der Waals surface area (Å²) in [5.74, 6) is 0.270. The zero-order chi connectivity index (χ0) is 27.5. The average Bonchev–Trinajstić information content (AvgIpc) is 3.29. The molecule has 3 rings (SSSR count). The van der Waals surface area contributed by atoms with Gasteiger partial charge in [-0.25, -0.2) is 14.8 Å². The van der Waals surface area contributed by atoms with Crippen LogP contribution >= 0.6 is 0 Å². The van der Waals surface area contributed by atoms with Gasteiger partial charge in [-0.05, 0) is 38.8 Å². The number of ether oxygens (including phenoxy) is 1. The third-order valence-electron chi connectivity index (χ3n) is 5.88. The number of carbonyl (C=O) groups excluding carboxylic acids is 1. The van der Waals surface area contributed by atoms with Gasteiger partial charge >= 0.3 is 18.4 Å². The van der Waals surface area contributed by atoms with Crippen LogP contribution in [0.2, 0.25) is 0 Å². The third-order valence-corrected chi connectivity index (χ3v) is 5.88. The minimum atomic E-state index is -5.04. The summed E-state index contributed by atoms with van der Waals surface area (Å²) in [7, 11) is 1.45. The molecule has 3 heterocycles. The van der Waals surface area contributed by atoms with E-state index in [1.54, 1.807) is 55.1 Å². The van der Waals surface area contributed by atoms with Crippen LogP contribution in [-0.4, -0.2) is 62.3 Å². The predicted molar refractivity (Wildman–Crippen MR) is 122 cm³/mol. The van der Waals surface area contributed by atoms with Crippen molar-refractivity contribution in [1.82, 2.24) is 29.6 Å². The van der Waals surface area contributed by atoms with E-state index in [2.05, 4.69) is 15.0 Å². The first-order valence-corrected chi connectivity index (χ1v) is 11.3. The molecule has 0 aromatic carbocycles. The van der Waals surface area contributed by atoms with Crippen LogP contribution in [0.25, 0.3) is 16.9 Å². The molecule has 2 amide bonds. The highest BCUT2D eigenvalue weighted by atomic mass is 19.4. The van der Waals surface area contributed by atoms with E-state index in [9.17, 15) is 31.1 Å². The van der Waals surface area contributed by atoms with Crippen LogP contribution in [-0.2, 0) is 0 Å². The number of pyridine rings is 1. The molecule has 0 bridgehead atoms. The Kier molecular flexibility index (Phi) is 8.18. The summed E-state index contributed by atoms with van der Waals surface area (Å²) in [5.41, 5.74) is 2.66. The molecule has 0 fully saturated rings. The lowest BCUT2D eigenvalue weighted by Gasteiger charge is -2.31. The SMILES string of the molecule is CCN(C(=O)N[C@@H](CCC(F)(F)F)C(F)(F)F)[C@H](C)c1cnc(C)c(-c2cn3ccnc3c(OC)n2)c1. The van der Waals surface area contributed by atoms with Crippen LogP contribution < -0.4 is 10.1 Å². The number of carbonyl (C=O) groups is 1. The molecule has 2 atom stereocenters. The van der Waals surface area contributed by atoms with Crippen LogP contribution in [0.5, 0.6) is 5.88 Å². The van der Waals surface area contributed by atoms with E-state index in [1.807, 2.05) is 0 Å². The summed E-state index contributed by atoms with van der Waals surface area (Å²) in [6, 6.07) is -2.83. The van der Waals surface area contributed by atoms with Gasteiger partial charge in [0.2, 0.25) is 0 Å². The minimum Gasteiger partial charge on any atom is -0.478 e. The Morgan fingerprint density at radius 3 is 2.51 bits per heavy atom. The van der Waals surface area contributed by atoms with Crippen molar-refractivity contribution >= 4 is 11.7 Å². The van der Waals surface area contributed by atoms with Crippen LogP contribution in [0.15, 0.2) is 30.9 Å². The number of methoxy groups -OCH3 is 1. The fraction of sp³-hybridized carbons (Fsp3) is 0.478. The summed E-state index contributed by atoms with van der Waals surface area (Å²) in [4.78, 5) is 26.9. The minimum absolute atomic E-state index is 0.00682. The van der Waals surface area contributed by atoms with Gasteiger partial charge in [0.1, 0.15) is 6.04 Å². The average molecular weight is 532 g/mol. The van der Waals surface area contributed by atoms with E-state index in [4.69, 9.17) is 4.74 Å². The van der Waals surface area contributed by atoms with Gasteiger partial charge in [0.25, 0.3) is 5.88 Å². The highest BCUT2D eigenvalue weighted by molar-refractivity contribution is 5.75. The number of imidazole rings is 1. The zero-order valence-electron chi connectivity index (χ0n) is 20.5. The normalized spacial score (nSPS) is 13.9. The van der Waals surface area contributed by atoms with Crippen LogP contribution in [0, 0.1) is 6.92 Å². The van der Waals surface area contributed by atoms with E-state index >= 15 is 0 Å². The number of hydrogen-bond acceptors (Lipinski definition) is 5. The van der Waals surface area contributed by atoms with Crippen LogP contribution in [0.4, 0.5) is 31.1 Å². The van der Waals surface area contributed by atoms with Crippen molar-refractivity contribution in [2.45, 2.75) is 58.0 Å². The summed E-state index contributed by atoms with van der Waals surface area (Å²) in [6.45, 7) is 4.88. The van der Waals surface area contributed by atoms with E-state index in [-0.39, 0.29) is 12.4 Å². The van der Waals surface area contributed by atoms with E-state index in [0.29, 0.717) is 28.2 Å². The van der Waals surface area contributed by atoms with E-state index in [0.717, 1.165) is 4.90 Å². The first-order valence-electron chi connectivity index (χ1n) is 11.3. The Hall–Kier alpha value is -3.58. The number of rotatable bonds is 8. The maximum absolute atomic E-state index is 13.3. The number of aryl methyl sites for hydroxylation is 1. The molecule has 0 aliphatic carbocycles. The molecular weight excluding hydrogens is 506 g/mol. The van der Waals surface area contributed by atoms with Gasteiger partial charge in [-0.2, -0.15) is 26.3 Å². The molecule has 0 radical (unpaired) electrons. The summed E-state index contributed by atoms with van der Waals surface area (Å²) >= 11 is 0. The Labute approximate surface area is 208 Å². The summed E-state index contributed by atoms with van der Waals surface area (Å²) < 4.78 is 84.6. The maximum Gasteiger partial charge on any atom is 0.408 e. The largest absolute Gasteiger partial charge is 0.478 e. The number of fused-ring (bicyclic) bond motifs is 1. The van der Waals surface area contributed by atoms with Gasteiger partial charge in [0, 0.05) is 49.0 Å². The fourth-order valence-electron chi connectivity index (χ4n) is 3.84. The molecule has 0 aliphatic heterocycles. The number of amides is 2. The Morgan fingerprint density at radius 1 is 1.22 bits per heavy atom. The van der Waals surface area contributed by atoms with Crippen molar-refractivity contribution in [2.75, 3.05) is 13.7 Å². The standard InChI is InChI=1S/C23H26F6N6O2/c1-5-35(21(36)33-18(23(27,28)29)6-7-22(24,25)26)14(3)15-10-16(13(2)31-11-15)17-12-34-9-8-30-19(34)20(32-17)37-4/h8-12,14,18H,5-7H2,1-4H3,(H,33,36)/t14-,18+/m1/s1. The summed E-state index contributed by atoms with van der Waals surface area (Å²) in [6.07, 6.45) is -6.34. The van der Waals surface area contributed by atoms with Crippen molar-refractivity contribution in [2.24, 2.45) is 0 Å². The molecule has 3 aromatic heterocycles. The van der Waals surface area contributed by atoms with Crippen molar-refractivity contribution in [3.63, 3.8) is 0 Å². The Balaban J connectivity index is 1.88. The second kappa shape index (κ2) is 10.8. The lowest BCUT2D eigenvalue weighted by Crippen LogP contribution is -2.51. The van der Waals surface area contributed by atoms with Gasteiger partial charge in [-0.3, -0.25) is 4.98 Å². The van der Waals surface area contributed by atoms with Crippen molar-refractivity contribution in [3.05, 3.63) is 42.1 Å². The van der Waals surface area contributed by atoms with Gasteiger partial charge in [0.05, 0.1) is 18.8 Å². The number of alkyl halides is 6. The number of aromatic nitrogens is 4. The van der Waals surface area contributed by atoms with E-state index < -0.39 is 43.3 Å². The van der Waals surface area contributed by atoms with Gasteiger partial charge in [-0.15, -0.1) is 0 Å². The van der Waals surface area contributed by atoms with Crippen molar-refractivity contribution in [3.8, 4) is 17.1 Å². The number of hydrogen-bond donors (Lipinski definition) is 1. The molecule has 37 heavy (non-hydrogen) atoms. The predicted octanol–water partition coefficient (Wildman–Crippen LogP) is 5.47. The van der Waals surface area contributed by atoms with Crippen LogP contribution in [0.3, 0.4) is 0 Å². The maximum atomic E-state index is 13.3. The summed E-state index contributed by atoms with van der Waals surface area (Å²) in [5, 5.41) is 1.72.